The number of rotatable bonds is 5. The van der Waals surface area contributed by atoms with Crippen molar-refractivity contribution >= 4 is 15.7 Å². The molecule has 1 aromatic heterocycles. The minimum absolute atomic E-state index is 0.0503. The van der Waals surface area contributed by atoms with Gasteiger partial charge in [0.25, 0.3) is 10.0 Å². The fourth-order valence-electron chi connectivity index (χ4n) is 1.47. The molecule has 0 aliphatic heterocycles. The van der Waals surface area contributed by atoms with E-state index >= 15 is 0 Å². The molecule has 0 saturated carbocycles. The molecule has 102 valence electrons. The van der Waals surface area contributed by atoms with E-state index < -0.39 is 10.0 Å². The highest BCUT2D eigenvalue weighted by atomic mass is 32.2. The summed E-state index contributed by atoms with van der Waals surface area (Å²) >= 11 is 0. The van der Waals surface area contributed by atoms with E-state index in [1.807, 2.05) is 0 Å². The maximum Gasteiger partial charge on any atom is 0.265 e. The molecule has 0 spiro atoms. The van der Waals surface area contributed by atoms with E-state index in [-0.39, 0.29) is 4.90 Å². The van der Waals surface area contributed by atoms with Gasteiger partial charge in [-0.3, -0.25) is 9.82 Å². The van der Waals surface area contributed by atoms with E-state index in [1.54, 1.807) is 18.2 Å². The van der Waals surface area contributed by atoms with Crippen molar-refractivity contribution < 1.29 is 17.9 Å². The Labute approximate surface area is 110 Å². The number of nitrogens with one attached hydrogen (secondary N) is 2. The molecule has 2 rings (SSSR count). The number of aromatic amines is 1. The molecule has 0 aliphatic rings. The Balaban J connectivity index is 2.33. The van der Waals surface area contributed by atoms with Crippen LogP contribution in [-0.4, -0.2) is 32.8 Å². The largest absolute Gasteiger partial charge is 0.497 e. The SMILES string of the molecule is COc1cc(NS(=O)(=O)c2cn[nH]c2)cc(OC)c1. The molecule has 2 N–H and O–H groups in total. The molecule has 0 radical (unpaired) electrons. The van der Waals surface area contributed by atoms with E-state index in [0.29, 0.717) is 17.2 Å². The summed E-state index contributed by atoms with van der Waals surface area (Å²) in [7, 11) is -0.696. The predicted octanol–water partition coefficient (Wildman–Crippen LogP) is 1.23. The van der Waals surface area contributed by atoms with Gasteiger partial charge in [0.15, 0.2) is 0 Å². The van der Waals surface area contributed by atoms with Gasteiger partial charge in [0.2, 0.25) is 0 Å². The quantitative estimate of drug-likeness (QED) is 0.860. The average molecular weight is 283 g/mol. The first kappa shape index (κ1) is 13.2. The number of ether oxygens (including phenoxy) is 2. The first-order valence-electron chi connectivity index (χ1n) is 5.30. The number of sulfonamides is 1. The summed E-state index contributed by atoms with van der Waals surface area (Å²) in [5, 5.41) is 6.05. The van der Waals surface area contributed by atoms with Crippen LogP contribution in [0.3, 0.4) is 0 Å². The summed E-state index contributed by atoms with van der Waals surface area (Å²) in [4.78, 5) is 0.0503. The maximum absolute atomic E-state index is 12.0. The molecule has 8 heteroatoms. The van der Waals surface area contributed by atoms with E-state index in [2.05, 4.69) is 14.9 Å². The summed E-state index contributed by atoms with van der Waals surface area (Å²) in [6.07, 6.45) is 2.51. The first-order valence-corrected chi connectivity index (χ1v) is 6.78. The summed E-state index contributed by atoms with van der Waals surface area (Å²) in [6, 6.07) is 4.76. The monoisotopic (exact) mass is 283 g/mol. The van der Waals surface area contributed by atoms with Crippen LogP contribution in [-0.2, 0) is 10.0 Å². The number of anilines is 1. The molecule has 0 unspecified atom stereocenters. The van der Waals surface area contributed by atoms with Crippen molar-refractivity contribution in [1.82, 2.24) is 10.2 Å². The van der Waals surface area contributed by atoms with Gasteiger partial charge in [0.05, 0.1) is 26.1 Å². The lowest BCUT2D eigenvalue weighted by Gasteiger charge is -2.10. The summed E-state index contributed by atoms with van der Waals surface area (Å²) in [6.45, 7) is 0. The van der Waals surface area contributed by atoms with Gasteiger partial charge < -0.3 is 9.47 Å². The average Bonchev–Trinajstić information content (AvgIpc) is 2.92. The highest BCUT2D eigenvalue weighted by Gasteiger charge is 2.16. The fourth-order valence-corrected chi connectivity index (χ4v) is 2.41. The molecule has 7 nitrogen and oxygen atoms in total. The van der Waals surface area contributed by atoms with Crippen molar-refractivity contribution in [2.75, 3.05) is 18.9 Å². The van der Waals surface area contributed by atoms with Gasteiger partial charge >= 0.3 is 0 Å². The number of hydrogen-bond acceptors (Lipinski definition) is 5. The van der Waals surface area contributed by atoms with Crippen LogP contribution in [0.2, 0.25) is 0 Å². The van der Waals surface area contributed by atoms with Gasteiger partial charge in [-0.2, -0.15) is 5.10 Å². The van der Waals surface area contributed by atoms with Gasteiger partial charge in [-0.05, 0) is 0 Å². The topological polar surface area (TPSA) is 93.3 Å². The Hall–Kier alpha value is -2.22. The fraction of sp³-hybridized carbons (Fsp3) is 0.182. The third-order valence-electron chi connectivity index (χ3n) is 2.39. The molecule has 1 heterocycles. The van der Waals surface area contributed by atoms with E-state index in [4.69, 9.17) is 9.47 Å². The highest BCUT2D eigenvalue weighted by Crippen LogP contribution is 2.27. The minimum Gasteiger partial charge on any atom is -0.497 e. The summed E-state index contributed by atoms with van der Waals surface area (Å²) < 4.78 is 36.6. The normalized spacial score (nSPS) is 11.1. The van der Waals surface area contributed by atoms with Crippen LogP contribution in [0.1, 0.15) is 0 Å². The zero-order chi connectivity index (χ0) is 13.9. The van der Waals surface area contributed by atoms with Crippen molar-refractivity contribution in [2.45, 2.75) is 4.90 Å². The molecular formula is C11H13N3O4S. The van der Waals surface area contributed by atoms with Crippen molar-refractivity contribution in [2.24, 2.45) is 0 Å². The smallest absolute Gasteiger partial charge is 0.265 e. The third-order valence-corrected chi connectivity index (χ3v) is 3.74. The second kappa shape index (κ2) is 5.19. The standard InChI is InChI=1S/C11H13N3O4S/c1-17-9-3-8(4-10(5-9)18-2)14-19(15,16)11-6-12-13-7-11/h3-7,14H,1-2H3,(H,12,13). The molecule has 0 amide bonds. The second-order valence-corrected chi connectivity index (χ2v) is 5.32. The maximum atomic E-state index is 12.0. The van der Waals surface area contributed by atoms with Crippen LogP contribution in [0.15, 0.2) is 35.5 Å². The lowest BCUT2D eigenvalue weighted by Crippen LogP contribution is -2.12. The van der Waals surface area contributed by atoms with Crippen molar-refractivity contribution in [3.05, 3.63) is 30.6 Å². The minimum atomic E-state index is -3.67. The van der Waals surface area contributed by atoms with Gasteiger partial charge in [-0.25, -0.2) is 8.42 Å². The first-order chi connectivity index (χ1) is 9.05. The van der Waals surface area contributed by atoms with Crippen molar-refractivity contribution in [3.8, 4) is 11.5 Å². The van der Waals surface area contributed by atoms with Crippen LogP contribution >= 0.6 is 0 Å². The summed E-state index contributed by atoms with van der Waals surface area (Å²) in [5.41, 5.74) is 0.345. The van der Waals surface area contributed by atoms with Crippen molar-refractivity contribution in [3.63, 3.8) is 0 Å². The van der Waals surface area contributed by atoms with Gasteiger partial charge in [0.1, 0.15) is 16.4 Å². The highest BCUT2D eigenvalue weighted by molar-refractivity contribution is 7.92. The lowest BCUT2D eigenvalue weighted by molar-refractivity contribution is 0.395. The van der Waals surface area contributed by atoms with E-state index in [1.165, 1.54) is 26.6 Å². The summed E-state index contributed by atoms with van der Waals surface area (Å²) in [5.74, 6) is 0.980. The Morgan fingerprint density at radius 3 is 2.26 bits per heavy atom. The number of aromatic nitrogens is 2. The number of hydrogen-bond donors (Lipinski definition) is 2. The Morgan fingerprint density at radius 2 is 1.79 bits per heavy atom. The van der Waals surface area contributed by atoms with E-state index in [0.717, 1.165) is 0 Å². The van der Waals surface area contributed by atoms with Gasteiger partial charge in [0, 0.05) is 24.4 Å². The number of nitrogens with zero attached hydrogens (tertiary/aromatic N) is 1. The van der Waals surface area contributed by atoms with Crippen LogP contribution in [0.4, 0.5) is 5.69 Å². The molecule has 2 aromatic rings. The number of methoxy groups -OCH3 is 2. The number of benzene rings is 1. The van der Waals surface area contributed by atoms with Crippen LogP contribution in [0.5, 0.6) is 11.5 Å². The molecule has 19 heavy (non-hydrogen) atoms. The molecule has 1 aromatic carbocycles. The van der Waals surface area contributed by atoms with Crippen molar-refractivity contribution in [1.29, 1.82) is 0 Å². The third kappa shape index (κ3) is 2.97. The lowest BCUT2D eigenvalue weighted by atomic mass is 10.3. The zero-order valence-electron chi connectivity index (χ0n) is 10.4. The second-order valence-electron chi connectivity index (χ2n) is 3.64. The predicted molar refractivity (Wildman–Crippen MR) is 68.9 cm³/mol. The Kier molecular flexibility index (Phi) is 3.61. The Morgan fingerprint density at radius 1 is 1.16 bits per heavy atom. The molecule has 0 atom stereocenters. The van der Waals surface area contributed by atoms with Gasteiger partial charge in [-0.15, -0.1) is 0 Å². The molecule has 0 bridgehead atoms. The zero-order valence-corrected chi connectivity index (χ0v) is 11.2. The Bertz CT molecular complexity index is 630. The molecular weight excluding hydrogens is 270 g/mol. The van der Waals surface area contributed by atoms with E-state index in [9.17, 15) is 8.42 Å². The van der Waals surface area contributed by atoms with Crippen LogP contribution < -0.4 is 14.2 Å². The number of H-pyrrole nitrogens is 1. The molecule has 0 saturated heterocycles. The van der Waals surface area contributed by atoms with Crippen LogP contribution in [0, 0.1) is 0 Å². The molecule has 0 aliphatic carbocycles. The molecule has 0 fully saturated rings. The van der Waals surface area contributed by atoms with Gasteiger partial charge in [-0.1, -0.05) is 0 Å². The van der Waals surface area contributed by atoms with Crippen LogP contribution in [0.25, 0.3) is 0 Å².